The fraction of sp³-hybridized carbons (Fsp3) is 0.333. The summed E-state index contributed by atoms with van der Waals surface area (Å²) in [6, 6.07) is 14.0. The van der Waals surface area contributed by atoms with Crippen LogP contribution in [-0.4, -0.2) is 34.9 Å². The number of benzene rings is 1. The van der Waals surface area contributed by atoms with E-state index < -0.39 is 0 Å². The molecule has 1 amide bonds. The maximum atomic E-state index is 13.3. The molecule has 27 heavy (non-hydrogen) atoms. The van der Waals surface area contributed by atoms with Crippen LogP contribution >= 0.6 is 11.3 Å². The van der Waals surface area contributed by atoms with Crippen molar-refractivity contribution in [2.75, 3.05) is 14.2 Å². The van der Waals surface area contributed by atoms with Crippen LogP contribution < -0.4 is 0 Å². The van der Waals surface area contributed by atoms with Crippen LogP contribution in [0.25, 0.3) is 0 Å². The van der Waals surface area contributed by atoms with Gasteiger partial charge in [0.1, 0.15) is 11.1 Å². The molecule has 1 aromatic carbocycles. The van der Waals surface area contributed by atoms with Crippen molar-refractivity contribution in [3.63, 3.8) is 0 Å². The van der Waals surface area contributed by atoms with E-state index in [1.54, 1.807) is 24.6 Å². The molecule has 2 aromatic heterocycles. The monoisotopic (exact) mass is 383 g/mol. The van der Waals surface area contributed by atoms with Crippen LogP contribution in [0.1, 0.15) is 35.3 Å². The van der Waals surface area contributed by atoms with Crippen molar-refractivity contribution in [3.8, 4) is 0 Å². The molecule has 0 aliphatic carbocycles. The number of carbonyl (C=O) groups is 1. The van der Waals surface area contributed by atoms with Gasteiger partial charge in [0.15, 0.2) is 0 Å². The van der Waals surface area contributed by atoms with E-state index in [2.05, 4.69) is 22.1 Å². The zero-order valence-corrected chi connectivity index (χ0v) is 16.6. The first-order valence-corrected chi connectivity index (χ1v) is 9.85. The molecule has 3 atom stereocenters. The van der Waals surface area contributed by atoms with Crippen LogP contribution in [0.2, 0.25) is 0 Å². The summed E-state index contributed by atoms with van der Waals surface area (Å²) in [5.41, 5.74) is 2.08. The average molecular weight is 384 g/mol. The Kier molecular flexibility index (Phi) is 6.42. The number of amides is 1. The van der Waals surface area contributed by atoms with Gasteiger partial charge >= 0.3 is 0 Å². The third kappa shape index (κ3) is 4.46. The molecule has 142 valence electrons. The summed E-state index contributed by atoms with van der Waals surface area (Å²) < 4.78 is 5.62. The third-order valence-electron chi connectivity index (χ3n) is 4.85. The number of aromatic nitrogens is 2. The molecule has 0 radical (unpaired) electrons. The fourth-order valence-corrected chi connectivity index (χ4v) is 4.13. The van der Waals surface area contributed by atoms with Crippen LogP contribution in [0.3, 0.4) is 0 Å². The Balaban J connectivity index is 1.82. The quantitative estimate of drug-likeness (QED) is 0.633. The summed E-state index contributed by atoms with van der Waals surface area (Å²) >= 11 is 1.58. The Bertz CT molecular complexity index is 819. The largest absolute Gasteiger partial charge is 0.374 e. The van der Waals surface area contributed by atoms with E-state index in [0.717, 1.165) is 17.1 Å². The maximum absolute atomic E-state index is 13.3. The molecule has 2 heterocycles. The molecule has 0 aliphatic rings. The zero-order valence-electron chi connectivity index (χ0n) is 15.8. The Morgan fingerprint density at radius 1 is 1.26 bits per heavy atom. The number of carbonyl (C=O) groups excluding carboxylic acids is 1. The normalized spacial score (nSPS) is 14.5. The summed E-state index contributed by atoms with van der Waals surface area (Å²) in [5, 5.41) is 2.89. The molecule has 0 bridgehead atoms. The minimum atomic E-state index is -0.322. The van der Waals surface area contributed by atoms with Gasteiger partial charge in [-0.3, -0.25) is 4.79 Å². The molecule has 0 spiro atoms. The first-order chi connectivity index (χ1) is 13.1. The number of nitrogens with one attached hydrogen (secondary N) is 1. The van der Waals surface area contributed by atoms with Gasteiger partial charge in [0.25, 0.3) is 0 Å². The number of H-pyrrole nitrogens is 1. The van der Waals surface area contributed by atoms with Crippen LogP contribution in [0.4, 0.5) is 0 Å². The van der Waals surface area contributed by atoms with Crippen molar-refractivity contribution < 1.29 is 9.53 Å². The van der Waals surface area contributed by atoms with E-state index in [-0.39, 0.29) is 24.0 Å². The number of ether oxygens (including phenoxy) is 1. The van der Waals surface area contributed by atoms with Gasteiger partial charge in [0.2, 0.25) is 5.91 Å². The van der Waals surface area contributed by atoms with E-state index >= 15 is 0 Å². The van der Waals surface area contributed by atoms with Gasteiger partial charge in [-0.15, -0.1) is 11.3 Å². The summed E-state index contributed by atoms with van der Waals surface area (Å²) in [6.45, 7) is 1.91. The van der Waals surface area contributed by atoms with Gasteiger partial charge in [-0.05, 0) is 24.1 Å². The predicted octanol–water partition coefficient (Wildman–Crippen LogP) is 4.24. The Labute approximate surface area is 164 Å². The van der Waals surface area contributed by atoms with Crippen LogP contribution in [-0.2, 0) is 16.0 Å². The first kappa shape index (κ1) is 19.3. The van der Waals surface area contributed by atoms with Crippen molar-refractivity contribution in [2.45, 2.75) is 25.5 Å². The van der Waals surface area contributed by atoms with Gasteiger partial charge in [-0.25, -0.2) is 4.98 Å². The molecule has 3 rings (SSSR count). The third-order valence-corrected chi connectivity index (χ3v) is 5.73. The summed E-state index contributed by atoms with van der Waals surface area (Å²) in [6.07, 6.45) is 4.04. The van der Waals surface area contributed by atoms with E-state index in [1.807, 2.05) is 60.8 Å². The van der Waals surface area contributed by atoms with Crippen LogP contribution in [0.15, 0.2) is 60.2 Å². The number of hydrogen-bond acceptors (Lipinski definition) is 4. The number of likely N-dealkylation sites (N-methyl/N-ethyl adjacent to an activating group) is 1. The SMILES string of the molecule is CO[C@@H](c1ccc[nH]1)[C@@H](C)C(=O)N(C)[C@@H](Cc1ccccc1)c1nccs1. The highest BCUT2D eigenvalue weighted by molar-refractivity contribution is 7.09. The lowest BCUT2D eigenvalue weighted by atomic mass is 9.98. The molecule has 0 unspecified atom stereocenters. The fourth-order valence-electron chi connectivity index (χ4n) is 3.35. The maximum Gasteiger partial charge on any atom is 0.228 e. The number of nitrogens with zero attached hydrogens (tertiary/aromatic N) is 2. The van der Waals surface area contributed by atoms with E-state index in [9.17, 15) is 4.79 Å². The lowest BCUT2D eigenvalue weighted by Gasteiger charge is -2.31. The second-order valence-electron chi connectivity index (χ2n) is 6.60. The second-order valence-corrected chi connectivity index (χ2v) is 7.52. The minimum absolute atomic E-state index is 0.0348. The first-order valence-electron chi connectivity index (χ1n) is 8.98. The molecule has 1 N–H and O–H groups in total. The van der Waals surface area contributed by atoms with E-state index in [0.29, 0.717) is 0 Å². The lowest BCUT2D eigenvalue weighted by molar-refractivity contribution is -0.140. The van der Waals surface area contributed by atoms with Gasteiger partial charge in [-0.2, -0.15) is 0 Å². The molecule has 6 heteroatoms. The van der Waals surface area contributed by atoms with Crippen LogP contribution in [0, 0.1) is 5.92 Å². The van der Waals surface area contributed by atoms with Gasteiger partial charge in [0, 0.05) is 37.6 Å². The summed E-state index contributed by atoms with van der Waals surface area (Å²) in [5.74, 6) is -0.288. The van der Waals surface area contributed by atoms with Crippen LogP contribution in [0.5, 0.6) is 0 Å². The van der Waals surface area contributed by atoms with Crippen molar-refractivity contribution in [1.29, 1.82) is 0 Å². The summed E-state index contributed by atoms with van der Waals surface area (Å²) in [4.78, 5) is 22.7. The Morgan fingerprint density at radius 2 is 2.04 bits per heavy atom. The predicted molar refractivity (Wildman–Crippen MR) is 107 cm³/mol. The lowest BCUT2D eigenvalue weighted by Crippen LogP contribution is -2.38. The smallest absolute Gasteiger partial charge is 0.228 e. The van der Waals surface area contributed by atoms with E-state index in [4.69, 9.17) is 4.74 Å². The summed E-state index contributed by atoms with van der Waals surface area (Å²) in [7, 11) is 3.49. The Hall–Kier alpha value is -2.44. The molecule has 0 saturated carbocycles. The number of rotatable bonds is 8. The number of thiazole rings is 1. The highest BCUT2D eigenvalue weighted by Crippen LogP contribution is 2.31. The van der Waals surface area contributed by atoms with Crippen molar-refractivity contribution >= 4 is 17.2 Å². The molecule has 0 aliphatic heterocycles. The topological polar surface area (TPSA) is 58.2 Å². The number of aromatic amines is 1. The second kappa shape index (κ2) is 8.97. The average Bonchev–Trinajstić information content (AvgIpc) is 3.40. The van der Waals surface area contributed by atoms with Gasteiger partial charge < -0.3 is 14.6 Å². The van der Waals surface area contributed by atoms with Crippen molar-refractivity contribution in [1.82, 2.24) is 14.9 Å². The molecule has 5 nitrogen and oxygen atoms in total. The molecule has 3 aromatic rings. The highest BCUT2D eigenvalue weighted by Gasteiger charge is 2.32. The number of hydrogen-bond donors (Lipinski definition) is 1. The molecular weight excluding hydrogens is 358 g/mol. The van der Waals surface area contributed by atoms with Gasteiger partial charge in [0.05, 0.1) is 12.0 Å². The molecular formula is C21H25N3O2S. The van der Waals surface area contributed by atoms with E-state index in [1.165, 1.54) is 5.56 Å². The van der Waals surface area contributed by atoms with Gasteiger partial charge in [-0.1, -0.05) is 37.3 Å². The highest BCUT2D eigenvalue weighted by atomic mass is 32.1. The number of methoxy groups -OCH3 is 1. The van der Waals surface area contributed by atoms with Crippen molar-refractivity contribution in [2.24, 2.45) is 5.92 Å². The minimum Gasteiger partial charge on any atom is -0.374 e. The standard InChI is InChI=1S/C21H25N3O2S/c1-15(19(26-3)17-10-7-11-22-17)21(25)24(2)18(20-23-12-13-27-20)14-16-8-5-4-6-9-16/h4-13,15,18-19,22H,14H2,1-3H3/t15-,18+,19-/m1/s1. The van der Waals surface area contributed by atoms with Crippen molar-refractivity contribution in [3.05, 3.63) is 76.5 Å². The molecule has 0 saturated heterocycles. The zero-order chi connectivity index (χ0) is 19.2. The molecule has 0 fully saturated rings. The Morgan fingerprint density at radius 3 is 2.63 bits per heavy atom.